The molecule has 3 fully saturated rings. The Morgan fingerprint density at radius 2 is 1.33 bits per heavy atom. The number of aliphatic imine (C=N–C) groups is 1. The van der Waals surface area contributed by atoms with Gasteiger partial charge in [0.05, 0.1) is 65.4 Å². The van der Waals surface area contributed by atoms with Crippen LogP contribution < -0.4 is 35.3 Å². The third-order valence-corrected chi connectivity index (χ3v) is 50.5. The number of nitrogens with two attached hydrogens (primary N) is 1. The number of ether oxygens (including phenoxy) is 6. The van der Waals surface area contributed by atoms with Crippen LogP contribution in [0.1, 0.15) is 103 Å². The number of nitrogens with one attached hydrogen (secondary N) is 2. The van der Waals surface area contributed by atoms with Crippen LogP contribution in [0.3, 0.4) is 0 Å². The summed E-state index contributed by atoms with van der Waals surface area (Å²) >= 11 is 0. The van der Waals surface area contributed by atoms with Gasteiger partial charge in [0.2, 0.25) is 6.08 Å². The van der Waals surface area contributed by atoms with Gasteiger partial charge in [0.15, 0.2) is 23.0 Å². The second kappa shape index (κ2) is 47.5. The molecule has 6 N–H and O–H groups in total. The quantitative estimate of drug-likeness (QED) is 0.0234. The minimum Gasteiger partial charge on any atom is -0.493 e. The smallest absolute Gasteiger partial charge is 0.314 e. The molecule has 3 aliphatic rings. The highest BCUT2D eigenvalue weighted by Gasteiger charge is 2.35. The lowest BCUT2D eigenvalue weighted by Gasteiger charge is -2.39. The molecule has 2 amide bonds. The number of methoxy groups -OCH3 is 2. The highest BCUT2D eigenvalue weighted by molar-refractivity contribution is 9.06. The molecule has 5 rings (SSSR count). The SMILES string of the molecule is CCCN=C=O.CCCNC(=O)NCCOc1ccc(CCOC2CCCCC2N2CC[C@@H](O)C2)cc1OC.CCN(CCO)C1CCCCC1OCCc1ccc(OCCN)c(OC)c1.Cl.Cl.PP(P)P(P)P(P)P. The molecular weight excluding hydrogens is 1160 g/mol. The van der Waals surface area contributed by atoms with Crippen LogP contribution in [0.5, 0.6) is 23.0 Å². The Balaban J connectivity index is 0.00000117. The maximum absolute atomic E-state index is 11.6. The molecular formula is C50H96Cl2N6O10P8. The average molecular weight is 1260 g/mol. The monoisotopic (exact) mass is 1260 g/mol. The fourth-order valence-corrected chi connectivity index (χ4v) is 37.7. The van der Waals surface area contributed by atoms with Crippen molar-refractivity contribution in [3.05, 3.63) is 47.5 Å². The number of likely N-dealkylation sites (N-methyl/N-ethyl adjacent to an activating group) is 1. The van der Waals surface area contributed by atoms with Crippen molar-refractivity contribution in [2.24, 2.45) is 10.7 Å². The number of rotatable bonds is 28. The molecule has 2 aliphatic carbocycles. The molecule has 76 heavy (non-hydrogen) atoms. The van der Waals surface area contributed by atoms with Crippen molar-refractivity contribution in [2.45, 2.75) is 135 Å². The standard InChI is InChI=1S/C25H41N3O5.C21H36N2O4.C4H7NO.2ClH.H10P8/c1-3-12-26-25(30)27-13-16-33-23-9-8-19(17-24(23)31-2)11-15-32-22-7-5-4-6-21(22)28-14-10-20(29)18-28;1-3-23(12-13-24)18-6-4-5-7-19(18)26-14-10-17-8-9-20(27-15-11-22)21(16-17)25-2;1-2-3-5-4-6;;;1-6(2)8(5)7(3)4/h8-9,17,20-22,29H,3-7,10-16,18H2,1-2H3,(H2,26,27,30);8-9,16,18-19,24H,3-7,10-15,22H2,1-2H3;2-3H2,1H3;2*1H;1-5H2/t20-,21?,22?;;;;;/m1...../s1. The number of hydrogen-bond donors (Lipinski definition) is 5. The first-order valence-corrected chi connectivity index (χ1v) is 39.8. The van der Waals surface area contributed by atoms with Crippen LogP contribution in [0.25, 0.3) is 0 Å². The van der Waals surface area contributed by atoms with E-state index in [0.29, 0.717) is 76.2 Å². The summed E-state index contributed by atoms with van der Waals surface area (Å²) in [6.07, 6.45) is 15.5. The van der Waals surface area contributed by atoms with Crippen LogP contribution in [0, 0.1) is 0 Å². The van der Waals surface area contributed by atoms with Crippen LogP contribution in [0.15, 0.2) is 41.4 Å². The van der Waals surface area contributed by atoms with E-state index in [0.717, 1.165) is 101 Å². The van der Waals surface area contributed by atoms with Crippen molar-refractivity contribution in [1.29, 1.82) is 0 Å². The highest BCUT2D eigenvalue weighted by atomic mass is 35.5. The van der Waals surface area contributed by atoms with Gasteiger partial charge in [-0.2, -0.15) is 0 Å². The number of aliphatic hydroxyl groups is 2. The molecule has 10 atom stereocenters. The van der Waals surface area contributed by atoms with Crippen LogP contribution in [-0.4, -0.2) is 162 Å². The molecule has 440 valence electrons. The highest BCUT2D eigenvalue weighted by Crippen LogP contribution is 3.00. The van der Waals surface area contributed by atoms with Gasteiger partial charge >= 0.3 is 6.03 Å². The van der Waals surface area contributed by atoms with Gasteiger partial charge in [-0.1, -0.05) is 58.6 Å². The molecule has 1 saturated heterocycles. The number of isocyanates is 1. The van der Waals surface area contributed by atoms with Crippen molar-refractivity contribution < 1.29 is 48.2 Å². The van der Waals surface area contributed by atoms with E-state index in [1.807, 2.05) is 44.2 Å². The average Bonchev–Trinajstić information content (AvgIpc) is 3.86. The van der Waals surface area contributed by atoms with E-state index in [-0.39, 0.29) is 76.7 Å². The molecule has 2 aromatic carbocycles. The minimum absolute atomic E-state index is 0. The zero-order valence-electron chi connectivity index (χ0n) is 45.9. The van der Waals surface area contributed by atoms with E-state index in [9.17, 15) is 19.8 Å². The molecule has 2 saturated carbocycles. The van der Waals surface area contributed by atoms with Gasteiger partial charge in [-0.15, -0.1) is 69.5 Å². The Kier molecular flexibility index (Phi) is 47.5. The normalized spacial score (nSPS) is 19.0. The molecule has 1 aliphatic heterocycles. The Labute approximate surface area is 484 Å². The fraction of sp³-hybridized carbons (Fsp3) is 0.720. The third-order valence-electron chi connectivity index (χ3n) is 12.6. The van der Waals surface area contributed by atoms with Crippen molar-refractivity contribution >= 4 is 103 Å². The molecule has 1 heterocycles. The molecule has 2 aromatic rings. The number of β-amino-alcohol motifs (C(OH)–C–C–N with tert-alkyl or cyclic N) is 1. The van der Waals surface area contributed by atoms with Crippen LogP contribution in [0.2, 0.25) is 0 Å². The molecule has 0 bridgehead atoms. The molecule has 26 heteroatoms. The Morgan fingerprint density at radius 1 is 0.776 bits per heavy atom. The Bertz CT molecular complexity index is 1840. The number of aliphatic hydroxyl groups excluding tert-OH is 2. The van der Waals surface area contributed by atoms with Crippen molar-refractivity contribution in [3.63, 3.8) is 0 Å². The second-order valence-corrected chi connectivity index (χ2v) is 46.1. The predicted molar refractivity (Wildman–Crippen MR) is 343 cm³/mol. The number of benzene rings is 2. The number of nitrogens with zero attached hydrogens (tertiary/aromatic N) is 3. The summed E-state index contributed by atoms with van der Waals surface area (Å²) < 4.78 is 35.0. The maximum Gasteiger partial charge on any atom is 0.314 e. The Hall–Kier alpha value is 0.0300. The Morgan fingerprint density at radius 3 is 1.80 bits per heavy atom. The molecule has 0 spiro atoms. The van der Waals surface area contributed by atoms with Crippen molar-refractivity contribution in [2.75, 3.05) is 99.6 Å². The van der Waals surface area contributed by atoms with Crippen molar-refractivity contribution in [3.8, 4) is 23.0 Å². The minimum atomic E-state index is -0.185. The summed E-state index contributed by atoms with van der Waals surface area (Å²) in [5.74, 6) is 2.81. The van der Waals surface area contributed by atoms with Gasteiger partial charge in [0, 0.05) is 44.8 Å². The van der Waals surface area contributed by atoms with Gasteiger partial charge in [0.25, 0.3) is 0 Å². The topological polar surface area (TPSA) is 199 Å². The number of amides is 2. The summed E-state index contributed by atoms with van der Waals surface area (Å²) in [5.41, 5.74) is 7.80. The predicted octanol–water partition coefficient (Wildman–Crippen LogP) is 10.7. The van der Waals surface area contributed by atoms with Crippen LogP contribution in [0.4, 0.5) is 4.79 Å². The number of hydrogen-bond acceptors (Lipinski definition) is 14. The molecule has 0 aromatic heterocycles. The fourth-order valence-electron chi connectivity index (χ4n) is 8.84. The summed E-state index contributed by atoms with van der Waals surface area (Å²) in [4.78, 5) is 28.9. The molecule has 9 unspecified atom stereocenters. The number of carbonyl (C=O) groups is 1. The van der Waals surface area contributed by atoms with E-state index < -0.39 is 0 Å². The zero-order valence-corrected chi connectivity index (χ0v) is 55.9. The summed E-state index contributed by atoms with van der Waals surface area (Å²) in [5, 5.41) is 24.8. The zero-order chi connectivity index (χ0) is 54.5. The van der Waals surface area contributed by atoms with E-state index >= 15 is 0 Å². The van der Waals surface area contributed by atoms with E-state index in [1.165, 1.54) is 37.3 Å². The van der Waals surface area contributed by atoms with Gasteiger partial charge in [-0.25, -0.2) is 14.6 Å². The first-order valence-electron chi connectivity index (χ1n) is 26.3. The lowest BCUT2D eigenvalue weighted by molar-refractivity contribution is -0.0372. The van der Waals surface area contributed by atoms with Gasteiger partial charge in [-0.05, 0) is 121 Å². The number of carbonyl (C=O) groups excluding carboxylic acids is 2. The van der Waals surface area contributed by atoms with Crippen molar-refractivity contribution in [1.82, 2.24) is 20.4 Å². The lowest BCUT2D eigenvalue weighted by atomic mass is 9.91. The largest absolute Gasteiger partial charge is 0.493 e. The van der Waals surface area contributed by atoms with Gasteiger partial charge in [0.1, 0.15) is 13.2 Å². The maximum atomic E-state index is 11.6. The summed E-state index contributed by atoms with van der Waals surface area (Å²) in [6, 6.07) is 12.6. The van der Waals surface area contributed by atoms with E-state index in [1.54, 1.807) is 14.2 Å². The summed E-state index contributed by atoms with van der Waals surface area (Å²) in [6.45, 7) is 14.6. The lowest BCUT2D eigenvalue weighted by Crippen LogP contribution is -2.47. The number of halogens is 2. The summed E-state index contributed by atoms with van der Waals surface area (Å²) in [7, 11) is 17.7. The molecule has 16 nitrogen and oxygen atoms in total. The first kappa shape index (κ1) is 76.0. The second-order valence-electron chi connectivity index (χ2n) is 18.0. The number of urea groups is 1. The van der Waals surface area contributed by atoms with Crippen LogP contribution in [-0.2, 0) is 27.1 Å². The van der Waals surface area contributed by atoms with Crippen LogP contribution >= 0.6 is 90.4 Å². The molecule has 0 radical (unpaired) electrons. The van der Waals surface area contributed by atoms with E-state index in [4.69, 9.17) is 34.2 Å². The van der Waals surface area contributed by atoms with Gasteiger partial charge < -0.3 is 55.0 Å². The van der Waals surface area contributed by atoms with E-state index in [2.05, 4.69) is 83.1 Å². The third kappa shape index (κ3) is 31.5. The first-order chi connectivity index (χ1) is 35.8. The van der Waals surface area contributed by atoms with Gasteiger partial charge in [-0.3, -0.25) is 9.80 Å². The number of likely N-dealkylation sites (tertiary alicyclic amines) is 1.